The molecule has 1 fully saturated rings. The summed E-state index contributed by atoms with van der Waals surface area (Å²) in [6.45, 7) is 1.31. The van der Waals surface area contributed by atoms with Gasteiger partial charge in [0.25, 0.3) is 0 Å². The quantitative estimate of drug-likeness (QED) is 0.833. The van der Waals surface area contributed by atoms with Crippen LogP contribution >= 0.6 is 0 Å². The lowest BCUT2D eigenvalue weighted by Crippen LogP contribution is -2.42. The molecule has 1 aliphatic heterocycles. The zero-order valence-electron chi connectivity index (χ0n) is 14.4. The van der Waals surface area contributed by atoms with E-state index in [-0.39, 0.29) is 12.5 Å². The van der Waals surface area contributed by atoms with Crippen LogP contribution in [0.2, 0.25) is 0 Å². The van der Waals surface area contributed by atoms with Gasteiger partial charge >= 0.3 is 5.97 Å². The fourth-order valence-corrected chi connectivity index (χ4v) is 3.07. The van der Waals surface area contributed by atoms with E-state index in [4.69, 9.17) is 9.84 Å². The SMILES string of the molecule is O=C(CN1CCCC(C(=O)O)C1)Nc1ccccc1Oc1ccccc1. The van der Waals surface area contributed by atoms with Gasteiger partial charge in [-0.2, -0.15) is 0 Å². The number of anilines is 1. The van der Waals surface area contributed by atoms with Crippen molar-refractivity contribution in [3.05, 3.63) is 54.6 Å². The smallest absolute Gasteiger partial charge is 0.307 e. The number of benzene rings is 2. The van der Waals surface area contributed by atoms with Gasteiger partial charge in [-0.3, -0.25) is 14.5 Å². The van der Waals surface area contributed by atoms with Crippen molar-refractivity contribution < 1.29 is 19.4 Å². The standard InChI is InChI=1S/C20H22N2O4/c23-19(14-22-12-6-7-15(13-22)20(24)25)21-17-10-4-5-11-18(17)26-16-8-2-1-3-9-16/h1-5,8-11,15H,6-7,12-14H2,(H,21,23)(H,24,25). The van der Waals surface area contributed by atoms with Crippen LogP contribution < -0.4 is 10.1 Å². The van der Waals surface area contributed by atoms with Crippen LogP contribution in [0.4, 0.5) is 5.69 Å². The maximum Gasteiger partial charge on any atom is 0.307 e. The van der Waals surface area contributed by atoms with Gasteiger partial charge in [0, 0.05) is 6.54 Å². The summed E-state index contributed by atoms with van der Waals surface area (Å²) in [5.41, 5.74) is 0.591. The molecule has 1 aliphatic rings. The number of carboxylic acids is 1. The van der Waals surface area contributed by atoms with Gasteiger partial charge in [0.1, 0.15) is 5.75 Å². The van der Waals surface area contributed by atoms with Crippen molar-refractivity contribution in [1.29, 1.82) is 0 Å². The molecule has 6 heteroatoms. The predicted octanol–water partition coefficient (Wildman–Crippen LogP) is 3.21. The summed E-state index contributed by atoms with van der Waals surface area (Å²) in [6, 6.07) is 16.6. The molecule has 2 aromatic carbocycles. The van der Waals surface area contributed by atoms with Gasteiger partial charge in [-0.05, 0) is 43.7 Å². The minimum absolute atomic E-state index is 0.170. The molecule has 1 saturated heterocycles. The Labute approximate surface area is 152 Å². The van der Waals surface area contributed by atoms with Crippen molar-refractivity contribution in [2.24, 2.45) is 5.92 Å². The molecule has 0 aromatic heterocycles. The Morgan fingerprint density at radius 1 is 1.12 bits per heavy atom. The first-order valence-electron chi connectivity index (χ1n) is 8.69. The number of hydrogen-bond acceptors (Lipinski definition) is 4. The number of nitrogens with one attached hydrogen (secondary N) is 1. The summed E-state index contributed by atoms with van der Waals surface area (Å²) in [7, 11) is 0. The molecule has 6 nitrogen and oxygen atoms in total. The molecular formula is C20H22N2O4. The van der Waals surface area contributed by atoms with E-state index in [1.54, 1.807) is 12.1 Å². The first-order chi connectivity index (χ1) is 12.6. The van der Waals surface area contributed by atoms with Crippen molar-refractivity contribution in [2.45, 2.75) is 12.8 Å². The summed E-state index contributed by atoms with van der Waals surface area (Å²) in [5, 5.41) is 12.0. The van der Waals surface area contributed by atoms with Crippen LogP contribution in [0.5, 0.6) is 11.5 Å². The highest BCUT2D eigenvalue weighted by atomic mass is 16.5. The van der Waals surface area contributed by atoms with Crippen molar-refractivity contribution in [3.8, 4) is 11.5 Å². The number of hydrogen-bond donors (Lipinski definition) is 2. The molecule has 0 saturated carbocycles. The molecule has 3 rings (SSSR count). The van der Waals surface area contributed by atoms with Crippen LogP contribution in [0.1, 0.15) is 12.8 Å². The number of carbonyl (C=O) groups is 2. The molecule has 0 spiro atoms. The second kappa shape index (κ2) is 8.49. The Hall–Kier alpha value is -2.86. The number of likely N-dealkylation sites (tertiary alicyclic amines) is 1. The van der Waals surface area contributed by atoms with Crippen molar-refractivity contribution >= 4 is 17.6 Å². The van der Waals surface area contributed by atoms with Gasteiger partial charge in [0.2, 0.25) is 5.91 Å². The predicted molar refractivity (Wildman–Crippen MR) is 98.4 cm³/mol. The average Bonchev–Trinajstić information content (AvgIpc) is 2.64. The Bertz CT molecular complexity index is 763. The highest BCUT2D eigenvalue weighted by Gasteiger charge is 2.26. The van der Waals surface area contributed by atoms with Crippen molar-refractivity contribution in [2.75, 3.05) is 25.0 Å². The van der Waals surface area contributed by atoms with Gasteiger partial charge < -0.3 is 15.2 Å². The van der Waals surface area contributed by atoms with Crippen molar-refractivity contribution in [1.82, 2.24) is 4.90 Å². The minimum Gasteiger partial charge on any atom is -0.481 e. The molecule has 2 N–H and O–H groups in total. The Morgan fingerprint density at radius 3 is 2.62 bits per heavy atom. The highest BCUT2D eigenvalue weighted by molar-refractivity contribution is 5.93. The molecule has 0 radical (unpaired) electrons. The first-order valence-corrected chi connectivity index (χ1v) is 8.69. The van der Waals surface area contributed by atoms with Crippen molar-refractivity contribution in [3.63, 3.8) is 0 Å². The molecule has 1 heterocycles. The van der Waals surface area contributed by atoms with E-state index in [0.29, 0.717) is 30.2 Å². The molecule has 0 bridgehead atoms. The molecule has 0 aliphatic carbocycles. The number of nitrogens with zero attached hydrogens (tertiary/aromatic N) is 1. The molecule has 26 heavy (non-hydrogen) atoms. The maximum absolute atomic E-state index is 12.4. The third-order valence-corrected chi connectivity index (χ3v) is 4.35. The number of rotatable bonds is 6. The number of aliphatic carboxylic acids is 1. The van der Waals surface area contributed by atoms with Gasteiger partial charge in [-0.15, -0.1) is 0 Å². The molecule has 2 aromatic rings. The minimum atomic E-state index is -0.795. The summed E-state index contributed by atoms with van der Waals surface area (Å²) in [5.74, 6) is -0.120. The number of ether oxygens (including phenoxy) is 1. The van der Waals surface area contributed by atoms with E-state index in [1.165, 1.54) is 0 Å². The highest BCUT2D eigenvalue weighted by Crippen LogP contribution is 2.29. The summed E-state index contributed by atoms with van der Waals surface area (Å²) < 4.78 is 5.84. The van der Waals surface area contributed by atoms with Crippen LogP contribution in [0.15, 0.2) is 54.6 Å². The topological polar surface area (TPSA) is 78.9 Å². The number of carbonyl (C=O) groups excluding carboxylic acids is 1. The van der Waals surface area contributed by atoms with E-state index in [9.17, 15) is 9.59 Å². The van der Waals surface area contributed by atoms with Gasteiger partial charge in [-0.25, -0.2) is 0 Å². The van der Waals surface area contributed by atoms with E-state index >= 15 is 0 Å². The van der Waals surface area contributed by atoms with Crippen LogP contribution in [0.3, 0.4) is 0 Å². The van der Waals surface area contributed by atoms with Gasteiger partial charge in [0.15, 0.2) is 5.75 Å². The lowest BCUT2D eigenvalue weighted by atomic mass is 9.98. The monoisotopic (exact) mass is 354 g/mol. The Balaban J connectivity index is 1.62. The average molecular weight is 354 g/mol. The zero-order chi connectivity index (χ0) is 18.4. The third-order valence-electron chi connectivity index (χ3n) is 4.35. The van der Waals surface area contributed by atoms with E-state index in [1.807, 2.05) is 47.4 Å². The summed E-state index contributed by atoms with van der Waals surface area (Å²) in [4.78, 5) is 25.4. The zero-order valence-corrected chi connectivity index (χ0v) is 14.4. The lowest BCUT2D eigenvalue weighted by molar-refractivity contribution is -0.144. The lowest BCUT2D eigenvalue weighted by Gasteiger charge is -2.30. The normalized spacial score (nSPS) is 17.5. The van der Waals surface area contributed by atoms with E-state index in [2.05, 4.69) is 5.32 Å². The van der Waals surface area contributed by atoms with Gasteiger partial charge in [-0.1, -0.05) is 30.3 Å². The number of amides is 1. The van der Waals surface area contributed by atoms with Crippen LogP contribution in [0.25, 0.3) is 0 Å². The van der Waals surface area contributed by atoms with E-state index < -0.39 is 11.9 Å². The van der Waals surface area contributed by atoms with Gasteiger partial charge in [0.05, 0.1) is 18.2 Å². The van der Waals surface area contributed by atoms with E-state index in [0.717, 1.165) is 13.0 Å². The summed E-state index contributed by atoms with van der Waals surface area (Å²) in [6.07, 6.45) is 1.46. The molecule has 136 valence electrons. The summed E-state index contributed by atoms with van der Waals surface area (Å²) >= 11 is 0. The number of para-hydroxylation sites is 3. The largest absolute Gasteiger partial charge is 0.481 e. The van der Waals surface area contributed by atoms with Crippen LogP contribution in [0, 0.1) is 5.92 Å². The fourth-order valence-electron chi connectivity index (χ4n) is 3.07. The maximum atomic E-state index is 12.4. The third kappa shape index (κ3) is 4.83. The van der Waals surface area contributed by atoms with Crippen LogP contribution in [-0.2, 0) is 9.59 Å². The molecule has 1 amide bonds. The molecule has 1 atom stereocenters. The van der Waals surface area contributed by atoms with Crippen LogP contribution in [-0.4, -0.2) is 41.5 Å². The number of carboxylic acid groups (broad SMARTS) is 1. The fraction of sp³-hybridized carbons (Fsp3) is 0.300. The Kier molecular flexibility index (Phi) is 5.86. The Morgan fingerprint density at radius 2 is 1.85 bits per heavy atom. The molecular weight excluding hydrogens is 332 g/mol. The molecule has 1 unspecified atom stereocenters. The number of piperidine rings is 1. The first kappa shape index (κ1) is 17.9. The second-order valence-corrected chi connectivity index (χ2v) is 6.37. The second-order valence-electron chi connectivity index (χ2n) is 6.37.